The molecule has 6 nitrogen and oxygen atoms in total. The molecular formula is C38H65N3O3. The quantitative estimate of drug-likeness (QED) is 0.223. The molecule has 4 fully saturated rings. The summed E-state index contributed by atoms with van der Waals surface area (Å²) in [7, 11) is 2.09. The molecule has 0 aromatic carbocycles. The maximum Gasteiger partial charge on any atom is 0.306 e. The first-order valence-corrected chi connectivity index (χ1v) is 18.6. The maximum atomic E-state index is 12.9. The van der Waals surface area contributed by atoms with Crippen LogP contribution in [0.1, 0.15) is 118 Å². The van der Waals surface area contributed by atoms with Crippen LogP contribution in [-0.4, -0.2) is 74.1 Å². The molecule has 0 aromatic rings. The second-order valence-electron chi connectivity index (χ2n) is 16.6. The first kappa shape index (κ1) is 33.9. The highest BCUT2D eigenvalue weighted by Crippen LogP contribution is 2.67. The van der Waals surface area contributed by atoms with Gasteiger partial charge in [0.2, 0.25) is 5.91 Å². The lowest BCUT2D eigenvalue weighted by Gasteiger charge is -2.58. The lowest BCUT2D eigenvalue weighted by Crippen LogP contribution is -2.51. The summed E-state index contributed by atoms with van der Waals surface area (Å²) in [4.78, 5) is 30.0. The van der Waals surface area contributed by atoms with Crippen molar-refractivity contribution in [3.05, 3.63) is 11.6 Å². The summed E-state index contributed by atoms with van der Waals surface area (Å²) in [6.07, 6.45) is 17.0. The van der Waals surface area contributed by atoms with Gasteiger partial charge in [-0.25, -0.2) is 0 Å². The van der Waals surface area contributed by atoms with Gasteiger partial charge < -0.3 is 19.9 Å². The summed E-state index contributed by atoms with van der Waals surface area (Å²) in [5.41, 5.74) is 2.34. The van der Waals surface area contributed by atoms with Crippen molar-refractivity contribution in [1.82, 2.24) is 15.1 Å². The Balaban J connectivity index is 1.13. The Kier molecular flexibility index (Phi) is 11.2. The SMILES string of the molecule is CC(C)CCC[C@@H](C)[C@H]1CC[C@H]2[C@@H]3CC=C4C[C@@H](OC(=O)CCC(=O)N5CCNCCN(C)CC5)CC[C@]4(C)[C@H]3CC[C@]12C. The number of rotatable bonds is 9. The van der Waals surface area contributed by atoms with Crippen molar-refractivity contribution in [2.75, 3.05) is 46.3 Å². The van der Waals surface area contributed by atoms with Crippen LogP contribution in [-0.2, 0) is 14.3 Å². The molecule has 1 N–H and O–H groups in total. The van der Waals surface area contributed by atoms with Gasteiger partial charge in [-0.2, -0.15) is 0 Å². The standard InChI is InChI=1S/C38H65N3O3/c1-27(2)8-7-9-28(3)32-12-13-33-31-11-10-29-26-30(16-18-37(29,4)34(31)17-19-38(32,33)5)44-36(43)15-14-35(42)41-23-21-39-20-22-40(6)24-25-41/h10,27-28,30-34,39H,7-9,11-26H2,1-6H3/t28-,30+,31+,32-,33+,34+,37+,38-/m1/s1. The zero-order valence-corrected chi connectivity index (χ0v) is 29.2. The van der Waals surface area contributed by atoms with Gasteiger partial charge >= 0.3 is 5.97 Å². The van der Waals surface area contributed by atoms with Gasteiger partial charge in [0.15, 0.2) is 0 Å². The lowest BCUT2D eigenvalue weighted by molar-refractivity contribution is -0.153. The Hall–Kier alpha value is -1.40. The molecule has 1 amide bonds. The minimum absolute atomic E-state index is 0.0343. The predicted octanol–water partition coefficient (Wildman–Crippen LogP) is 7.08. The van der Waals surface area contributed by atoms with E-state index in [4.69, 9.17) is 4.74 Å². The summed E-state index contributed by atoms with van der Waals surface area (Å²) >= 11 is 0. The van der Waals surface area contributed by atoms with E-state index < -0.39 is 0 Å². The Morgan fingerprint density at radius 1 is 0.955 bits per heavy atom. The van der Waals surface area contributed by atoms with Crippen LogP contribution in [0.3, 0.4) is 0 Å². The molecule has 5 rings (SSSR count). The summed E-state index contributed by atoms with van der Waals surface area (Å²) in [5.74, 6) is 4.91. The van der Waals surface area contributed by atoms with Crippen molar-refractivity contribution >= 4 is 11.9 Å². The van der Waals surface area contributed by atoms with Crippen LogP contribution in [0, 0.1) is 46.3 Å². The van der Waals surface area contributed by atoms with Crippen LogP contribution in [0.2, 0.25) is 0 Å². The summed E-state index contributed by atoms with van der Waals surface area (Å²) in [6.45, 7) is 17.6. The third kappa shape index (κ3) is 7.42. The van der Waals surface area contributed by atoms with E-state index in [2.05, 4.69) is 58.0 Å². The van der Waals surface area contributed by atoms with Crippen molar-refractivity contribution in [3.63, 3.8) is 0 Å². The van der Waals surface area contributed by atoms with E-state index in [0.717, 1.165) is 87.5 Å². The first-order chi connectivity index (χ1) is 21.0. The van der Waals surface area contributed by atoms with E-state index in [1.54, 1.807) is 5.57 Å². The molecule has 0 unspecified atom stereocenters. The van der Waals surface area contributed by atoms with Gasteiger partial charge in [0, 0.05) is 52.1 Å². The van der Waals surface area contributed by atoms with Crippen LogP contribution in [0.5, 0.6) is 0 Å². The molecular weight excluding hydrogens is 546 g/mol. The number of hydrogen-bond acceptors (Lipinski definition) is 5. The molecule has 4 aliphatic carbocycles. The number of fused-ring (bicyclic) bond motifs is 5. The van der Waals surface area contributed by atoms with E-state index in [1.165, 1.54) is 51.4 Å². The minimum Gasteiger partial charge on any atom is -0.462 e. The average Bonchev–Trinajstić information content (AvgIpc) is 3.38. The molecule has 3 saturated carbocycles. The third-order valence-electron chi connectivity index (χ3n) is 13.4. The fourth-order valence-electron chi connectivity index (χ4n) is 10.7. The third-order valence-corrected chi connectivity index (χ3v) is 13.4. The number of likely N-dealkylation sites (N-methyl/N-ethyl adjacent to an activating group) is 1. The number of carbonyl (C=O) groups is 2. The molecule has 250 valence electrons. The Labute approximate surface area is 269 Å². The molecule has 0 aromatic heterocycles. The summed E-state index contributed by atoms with van der Waals surface area (Å²) in [6, 6.07) is 0. The molecule has 0 bridgehead atoms. The van der Waals surface area contributed by atoms with Crippen LogP contribution in [0.4, 0.5) is 0 Å². The highest BCUT2D eigenvalue weighted by Gasteiger charge is 2.59. The maximum absolute atomic E-state index is 12.9. The molecule has 0 radical (unpaired) electrons. The number of carbonyl (C=O) groups excluding carboxylic acids is 2. The largest absolute Gasteiger partial charge is 0.462 e. The van der Waals surface area contributed by atoms with E-state index >= 15 is 0 Å². The number of nitrogens with one attached hydrogen (secondary N) is 1. The van der Waals surface area contributed by atoms with Gasteiger partial charge in [-0.15, -0.1) is 0 Å². The van der Waals surface area contributed by atoms with Gasteiger partial charge in [0.1, 0.15) is 6.10 Å². The smallest absolute Gasteiger partial charge is 0.306 e. The topological polar surface area (TPSA) is 61.9 Å². The Morgan fingerprint density at radius 2 is 1.75 bits per heavy atom. The molecule has 1 aliphatic heterocycles. The predicted molar refractivity (Wildman–Crippen MR) is 179 cm³/mol. The number of allylic oxidation sites excluding steroid dienone is 1. The van der Waals surface area contributed by atoms with Crippen molar-refractivity contribution in [2.45, 2.75) is 124 Å². The highest BCUT2D eigenvalue weighted by molar-refractivity contribution is 5.81. The second kappa shape index (κ2) is 14.6. The molecule has 5 aliphatic rings. The number of ether oxygens (including phenoxy) is 1. The Bertz CT molecular complexity index is 1030. The van der Waals surface area contributed by atoms with Crippen molar-refractivity contribution in [1.29, 1.82) is 0 Å². The number of amides is 1. The normalized spacial score (nSPS) is 37.1. The summed E-state index contributed by atoms with van der Waals surface area (Å²) in [5, 5.41) is 3.40. The number of nitrogens with zero attached hydrogens (tertiary/aromatic N) is 2. The Morgan fingerprint density at radius 3 is 2.55 bits per heavy atom. The number of esters is 1. The van der Waals surface area contributed by atoms with E-state index in [-0.39, 0.29) is 36.2 Å². The zero-order valence-electron chi connectivity index (χ0n) is 29.2. The van der Waals surface area contributed by atoms with Crippen LogP contribution in [0.25, 0.3) is 0 Å². The van der Waals surface area contributed by atoms with E-state index in [1.807, 2.05) is 4.90 Å². The van der Waals surface area contributed by atoms with Crippen LogP contribution in [0.15, 0.2) is 11.6 Å². The minimum atomic E-state index is -0.200. The molecule has 1 saturated heterocycles. The van der Waals surface area contributed by atoms with Gasteiger partial charge in [0.05, 0.1) is 6.42 Å². The van der Waals surface area contributed by atoms with Crippen LogP contribution >= 0.6 is 0 Å². The summed E-state index contributed by atoms with van der Waals surface area (Å²) < 4.78 is 6.04. The van der Waals surface area contributed by atoms with Gasteiger partial charge in [0.25, 0.3) is 0 Å². The average molecular weight is 612 g/mol. The fraction of sp³-hybridized carbons (Fsp3) is 0.895. The molecule has 8 atom stereocenters. The van der Waals surface area contributed by atoms with Gasteiger partial charge in [-0.3, -0.25) is 9.59 Å². The fourth-order valence-corrected chi connectivity index (χ4v) is 10.7. The van der Waals surface area contributed by atoms with Crippen molar-refractivity contribution in [3.8, 4) is 0 Å². The van der Waals surface area contributed by atoms with E-state index in [0.29, 0.717) is 12.0 Å². The van der Waals surface area contributed by atoms with Gasteiger partial charge in [-0.05, 0) is 98.3 Å². The van der Waals surface area contributed by atoms with Crippen molar-refractivity contribution in [2.24, 2.45) is 46.3 Å². The first-order valence-electron chi connectivity index (χ1n) is 18.6. The van der Waals surface area contributed by atoms with Gasteiger partial charge in [-0.1, -0.05) is 65.5 Å². The molecule has 0 spiro atoms. The van der Waals surface area contributed by atoms with E-state index in [9.17, 15) is 9.59 Å². The highest BCUT2D eigenvalue weighted by atomic mass is 16.5. The monoisotopic (exact) mass is 612 g/mol. The number of hydrogen-bond donors (Lipinski definition) is 1. The van der Waals surface area contributed by atoms with Crippen molar-refractivity contribution < 1.29 is 14.3 Å². The zero-order chi connectivity index (χ0) is 31.5. The second-order valence-corrected chi connectivity index (χ2v) is 16.6. The lowest BCUT2D eigenvalue weighted by atomic mass is 9.47. The molecule has 6 heteroatoms. The molecule has 44 heavy (non-hydrogen) atoms. The molecule has 1 heterocycles. The van der Waals surface area contributed by atoms with Crippen LogP contribution < -0.4 is 5.32 Å².